The van der Waals surface area contributed by atoms with E-state index in [0.29, 0.717) is 13.1 Å². The lowest BCUT2D eigenvalue weighted by molar-refractivity contribution is 0.281. The lowest BCUT2D eigenvalue weighted by atomic mass is 10.1. The minimum Gasteiger partial charge on any atom is -0.392 e. The van der Waals surface area contributed by atoms with Gasteiger partial charge < -0.3 is 10.0 Å². The quantitative estimate of drug-likeness (QED) is 0.846. The first-order valence-corrected chi connectivity index (χ1v) is 7.50. The maximum absolute atomic E-state index is 11.3. The van der Waals surface area contributed by atoms with Gasteiger partial charge in [0.15, 0.2) is 9.84 Å². The number of aliphatic hydroxyl groups excluding tert-OH is 1. The van der Waals surface area contributed by atoms with Gasteiger partial charge in [-0.25, -0.2) is 8.42 Å². The van der Waals surface area contributed by atoms with Crippen LogP contribution in [0.2, 0.25) is 0 Å². The van der Waals surface area contributed by atoms with Crippen LogP contribution in [0.1, 0.15) is 11.1 Å². The Morgan fingerprint density at radius 1 is 1.29 bits per heavy atom. The molecular weight excluding hydrogens is 238 g/mol. The second-order valence-corrected chi connectivity index (χ2v) is 6.71. The van der Waals surface area contributed by atoms with Gasteiger partial charge in [-0.2, -0.15) is 0 Å². The molecule has 1 fully saturated rings. The maximum Gasteiger partial charge on any atom is 0.153 e. The third-order valence-electron chi connectivity index (χ3n) is 3.21. The van der Waals surface area contributed by atoms with Gasteiger partial charge in [0.2, 0.25) is 0 Å². The Labute approximate surface area is 102 Å². The highest BCUT2D eigenvalue weighted by Gasteiger charge is 2.21. The summed E-state index contributed by atoms with van der Waals surface area (Å²) in [5, 5.41) is 9.10. The van der Waals surface area contributed by atoms with Gasteiger partial charge in [-0.1, -0.05) is 6.07 Å². The SMILES string of the molecule is Cc1cc(N2CCS(=O)(=O)CC2)ccc1CO. The number of rotatable bonds is 2. The van der Waals surface area contributed by atoms with Crippen molar-refractivity contribution in [1.82, 2.24) is 0 Å². The Bertz CT molecular complexity index is 496. The molecule has 2 rings (SSSR count). The third-order valence-corrected chi connectivity index (χ3v) is 4.82. The highest BCUT2D eigenvalue weighted by Crippen LogP contribution is 2.21. The van der Waals surface area contributed by atoms with Gasteiger partial charge in [0, 0.05) is 18.8 Å². The number of benzene rings is 1. The van der Waals surface area contributed by atoms with Crippen LogP contribution in [-0.2, 0) is 16.4 Å². The fourth-order valence-corrected chi connectivity index (χ4v) is 3.23. The summed E-state index contributed by atoms with van der Waals surface area (Å²) in [4.78, 5) is 2.08. The van der Waals surface area contributed by atoms with Crippen LogP contribution in [-0.4, -0.2) is 38.1 Å². The van der Waals surface area contributed by atoms with Crippen LogP contribution in [0.5, 0.6) is 0 Å². The standard InChI is InChI=1S/C12H17NO3S/c1-10-8-12(3-2-11(10)9-14)13-4-6-17(15,16)7-5-13/h2-3,8,14H,4-7,9H2,1H3. The maximum atomic E-state index is 11.3. The molecule has 0 unspecified atom stereocenters. The van der Waals surface area contributed by atoms with Crippen LogP contribution in [0.4, 0.5) is 5.69 Å². The third kappa shape index (κ3) is 2.79. The van der Waals surface area contributed by atoms with Gasteiger partial charge in [0.25, 0.3) is 0 Å². The summed E-state index contributed by atoms with van der Waals surface area (Å²) in [5.41, 5.74) is 2.99. The summed E-state index contributed by atoms with van der Waals surface area (Å²) in [6, 6.07) is 5.84. The molecule has 1 aliphatic rings. The van der Waals surface area contributed by atoms with Crippen LogP contribution >= 0.6 is 0 Å². The van der Waals surface area contributed by atoms with E-state index in [1.54, 1.807) is 0 Å². The summed E-state index contributed by atoms with van der Waals surface area (Å²) < 4.78 is 22.7. The monoisotopic (exact) mass is 255 g/mol. The van der Waals surface area contributed by atoms with Crippen LogP contribution < -0.4 is 4.90 Å². The molecule has 0 spiro atoms. The van der Waals surface area contributed by atoms with Crippen molar-refractivity contribution in [2.75, 3.05) is 29.5 Å². The zero-order chi connectivity index (χ0) is 12.5. The predicted octanol–water partition coefficient (Wildman–Crippen LogP) is 0.722. The molecule has 0 aliphatic carbocycles. The molecule has 0 bridgehead atoms. The minimum absolute atomic E-state index is 0.0422. The summed E-state index contributed by atoms with van der Waals surface area (Å²) >= 11 is 0. The Morgan fingerprint density at radius 2 is 1.94 bits per heavy atom. The van der Waals surface area contributed by atoms with Crippen LogP contribution in [0.15, 0.2) is 18.2 Å². The number of hydrogen-bond acceptors (Lipinski definition) is 4. The molecule has 1 aromatic rings. The van der Waals surface area contributed by atoms with Gasteiger partial charge in [-0.3, -0.25) is 0 Å². The average Bonchev–Trinajstić information content (AvgIpc) is 2.29. The molecule has 1 N–H and O–H groups in total. The topological polar surface area (TPSA) is 57.6 Å². The van der Waals surface area contributed by atoms with E-state index in [4.69, 9.17) is 5.11 Å². The van der Waals surface area contributed by atoms with Crippen molar-refractivity contribution in [3.63, 3.8) is 0 Å². The fourth-order valence-electron chi connectivity index (χ4n) is 2.02. The van der Waals surface area contributed by atoms with Gasteiger partial charge in [0.05, 0.1) is 18.1 Å². The molecule has 1 aromatic carbocycles. The van der Waals surface area contributed by atoms with Gasteiger partial charge in [-0.05, 0) is 30.2 Å². The first-order chi connectivity index (χ1) is 8.02. The number of sulfone groups is 1. The fraction of sp³-hybridized carbons (Fsp3) is 0.500. The molecular formula is C12H17NO3S. The summed E-state index contributed by atoms with van der Waals surface area (Å²) in [6.45, 7) is 3.11. The first kappa shape index (κ1) is 12.4. The molecule has 0 atom stereocenters. The zero-order valence-corrected chi connectivity index (χ0v) is 10.7. The molecule has 0 radical (unpaired) electrons. The molecule has 5 heteroatoms. The van der Waals surface area contributed by atoms with Crippen molar-refractivity contribution in [2.45, 2.75) is 13.5 Å². The Balaban J connectivity index is 2.16. The van der Waals surface area contributed by atoms with Crippen molar-refractivity contribution in [1.29, 1.82) is 0 Å². The Morgan fingerprint density at radius 3 is 2.47 bits per heavy atom. The van der Waals surface area contributed by atoms with E-state index in [9.17, 15) is 8.42 Å². The number of hydrogen-bond donors (Lipinski definition) is 1. The van der Waals surface area contributed by atoms with Crippen molar-refractivity contribution in [2.24, 2.45) is 0 Å². The van der Waals surface area contributed by atoms with E-state index in [0.717, 1.165) is 16.8 Å². The summed E-state index contributed by atoms with van der Waals surface area (Å²) in [6.07, 6.45) is 0. The van der Waals surface area contributed by atoms with E-state index < -0.39 is 9.84 Å². The smallest absolute Gasteiger partial charge is 0.153 e. The van der Waals surface area contributed by atoms with Crippen LogP contribution in [0.3, 0.4) is 0 Å². The molecule has 1 aliphatic heterocycles. The van der Waals surface area contributed by atoms with Crippen molar-refractivity contribution < 1.29 is 13.5 Å². The van der Waals surface area contributed by atoms with E-state index in [1.165, 1.54) is 0 Å². The molecule has 4 nitrogen and oxygen atoms in total. The number of nitrogens with zero attached hydrogens (tertiary/aromatic N) is 1. The normalized spacial score (nSPS) is 19.3. The molecule has 0 amide bonds. The van der Waals surface area contributed by atoms with Gasteiger partial charge in [0.1, 0.15) is 0 Å². The molecule has 94 valence electrons. The van der Waals surface area contributed by atoms with Crippen molar-refractivity contribution in [3.05, 3.63) is 29.3 Å². The summed E-state index contributed by atoms with van der Waals surface area (Å²) in [5.74, 6) is 0.460. The zero-order valence-electron chi connectivity index (χ0n) is 9.89. The van der Waals surface area contributed by atoms with Gasteiger partial charge >= 0.3 is 0 Å². The highest BCUT2D eigenvalue weighted by atomic mass is 32.2. The Hall–Kier alpha value is -1.07. The lowest BCUT2D eigenvalue weighted by Gasteiger charge is -2.29. The van der Waals surface area contributed by atoms with Crippen LogP contribution in [0.25, 0.3) is 0 Å². The largest absolute Gasteiger partial charge is 0.392 e. The van der Waals surface area contributed by atoms with Gasteiger partial charge in [-0.15, -0.1) is 0 Å². The number of aliphatic hydroxyl groups is 1. The van der Waals surface area contributed by atoms with E-state index >= 15 is 0 Å². The summed E-state index contributed by atoms with van der Waals surface area (Å²) in [7, 11) is -2.83. The van der Waals surface area contributed by atoms with Crippen molar-refractivity contribution >= 4 is 15.5 Å². The molecule has 0 aromatic heterocycles. The van der Waals surface area contributed by atoms with E-state index in [1.807, 2.05) is 25.1 Å². The first-order valence-electron chi connectivity index (χ1n) is 5.67. The molecule has 1 heterocycles. The predicted molar refractivity (Wildman–Crippen MR) is 68.0 cm³/mol. The number of anilines is 1. The second kappa shape index (κ2) is 4.66. The average molecular weight is 255 g/mol. The van der Waals surface area contributed by atoms with E-state index in [2.05, 4.69) is 4.90 Å². The second-order valence-electron chi connectivity index (χ2n) is 4.41. The number of aryl methyl sites for hydroxylation is 1. The Kier molecular flexibility index (Phi) is 3.40. The molecule has 1 saturated heterocycles. The highest BCUT2D eigenvalue weighted by molar-refractivity contribution is 7.91. The minimum atomic E-state index is -2.83. The van der Waals surface area contributed by atoms with Crippen LogP contribution in [0, 0.1) is 6.92 Å². The molecule has 17 heavy (non-hydrogen) atoms. The van der Waals surface area contributed by atoms with E-state index in [-0.39, 0.29) is 18.1 Å². The van der Waals surface area contributed by atoms with Crippen molar-refractivity contribution in [3.8, 4) is 0 Å². The molecule has 0 saturated carbocycles. The lowest BCUT2D eigenvalue weighted by Crippen LogP contribution is -2.40.